The number of rotatable bonds is 2. The van der Waals surface area contributed by atoms with E-state index in [-0.39, 0.29) is 11.1 Å². The van der Waals surface area contributed by atoms with Crippen LogP contribution >= 0.6 is 11.6 Å². The molecule has 0 bridgehead atoms. The molecule has 0 unspecified atom stereocenters. The summed E-state index contributed by atoms with van der Waals surface area (Å²) in [5, 5.41) is 0.0676. The van der Waals surface area contributed by atoms with Gasteiger partial charge in [0.05, 0.1) is 0 Å². The summed E-state index contributed by atoms with van der Waals surface area (Å²) in [5.41, 5.74) is 0.659. The normalized spacial score (nSPS) is 10.6. The Kier molecular flexibility index (Phi) is 2.92. The molecule has 2 aromatic heterocycles. The number of hydrogen-bond acceptors (Lipinski definition) is 4. The Balaban J connectivity index is 2.10. The van der Waals surface area contributed by atoms with Crippen molar-refractivity contribution in [3.05, 3.63) is 54.1 Å². The van der Waals surface area contributed by atoms with Gasteiger partial charge in [0.2, 0.25) is 11.2 Å². The third kappa shape index (κ3) is 2.43. The van der Waals surface area contributed by atoms with Crippen LogP contribution in [0.5, 0.6) is 0 Å². The van der Waals surface area contributed by atoms with E-state index in [1.807, 2.05) is 0 Å². The summed E-state index contributed by atoms with van der Waals surface area (Å²) in [7, 11) is 0. The summed E-state index contributed by atoms with van der Waals surface area (Å²) >= 11 is 5.88. The molecule has 0 aliphatic carbocycles. The Morgan fingerprint density at radius 3 is 2.53 bits per heavy atom. The Hall–Kier alpha value is -2.34. The van der Waals surface area contributed by atoms with Crippen molar-refractivity contribution >= 4 is 11.6 Å². The predicted molar refractivity (Wildman–Crippen MR) is 67.4 cm³/mol. The van der Waals surface area contributed by atoms with Crippen molar-refractivity contribution in [3.8, 4) is 17.3 Å². The number of benzene rings is 1. The van der Waals surface area contributed by atoms with Crippen LogP contribution in [0.2, 0.25) is 5.28 Å². The zero-order valence-corrected chi connectivity index (χ0v) is 10.3. The van der Waals surface area contributed by atoms with E-state index >= 15 is 0 Å². The first-order chi connectivity index (χ1) is 9.22. The fourth-order valence-electron chi connectivity index (χ4n) is 1.56. The lowest BCUT2D eigenvalue weighted by molar-refractivity contribution is 0.628. The second kappa shape index (κ2) is 4.74. The summed E-state index contributed by atoms with van der Waals surface area (Å²) in [5.74, 6) is 0.416. The molecule has 3 aromatic rings. The zero-order valence-electron chi connectivity index (χ0n) is 9.53. The number of aromatic nitrogens is 5. The minimum atomic E-state index is -0.321. The van der Waals surface area contributed by atoms with E-state index in [9.17, 15) is 4.39 Å². The van der Waals surface area contributed by atoms with Crippen molar-refractivity contribution in [2.45, 2.75) is 0 Å². The lowest BCUT2D eigenvalue weighted by Crippen LogP contribution is -2.02. The summed E-state index contributed by atoms with van der Waals surface area (Å²) in [6.07, 6.45) is 4.86. The molecule has 0 amide bonds. The molecule has 0 aliphatic rings. The van der Waals surface area contributed by atoms with Gasteiger partial charge in [-0.3, -0.25) is 4.57 Å². The van der Waals surface area contributed by atoms with Crippen LogP contribution in [0, 0.1) is 5.82 Å². The first-order valence-electron chi connectivity index (χ1n) is 5.38. The highest BCUT2D eigenvalue weighted by atomic mass is 35.5. The van der Waals surface area contributed by atoms with E-state index in [2.05, 4.69) is 19.9 Å². The molecule has 0 spiro atoms. The zero-order chi connectivity index (χ0) is 13.2. The molecule has 0 fully saturated rings. The second-order valence-electron chi connectivity index (χ2n) is 3.70. The van der Waals surface area contributed by atoms with Gasteiger partial charge in [-0.25, -0.2) is 9.37 Å². The molecule has 0 atom stereocenters. The smallest absolute Gasteiger partial charge is 0.239 e. The van der Waals surface area contributed by atoms with Crippen LogP contribution in [0.1, 0.15) is 0 Å². The summed E-state index contributed by atoms with van der Waals surface area (Å²) < 4.78 is 14.5. The molecule has 2 heterocycles. The van der Waals surface area contributed by atoms with E-state index in [1.165, 1.54) is 12.1 Å². The topological polar surface area (TPSA) is 56.5 Å². The van der Waals surface area contributed by atoms with Gasteiger partial charge in [0, 0.05) is 18.0 Å². The summed E-state index contributed by atoms with van der Waals surface area (Å²) in [6.45, 7) is 0. The first kappa shape index (κ1) is 11.7. The largest absolute Gasteiger partial charge is 0.274 e. The van der Waals surface area contributed by atoms with Crippen LogP contribution in [-0.4, -0.2) is 24.5 Å². The van der Waals surface area contributed by atoms with E-state index in [0.717, 1.165) is 0 Å². The summed E-state index contributed by atoms with van der Waals surface area (Å²) in [6, 6.07) is 5.84. The molecule has 3 rings (SSSR count). The first-order valence-corrected chi connectivity index (χ1v) is 5.76. The van der Waals surface area contributed by atoms with E-state index in [4.69, 9.17) is 11.6 Å². The molecule has 0 N–H and O–H groups in total. The lowest BCUT2D eigenvalue weighted by atomic mass is 10.2. The van der Waals surface area contributed by atoms with Gasteiger partial charge >= 0.3 is 0 Å². The van der Waals surface area contributed by atoms with Gasteiger partial charge in [-0.2, -0.15) is 15.0 Å². The lowest BCUT2D eigenvalue weighted by Gasteiger charge is -2.04. The Morgan fingerprint density at radius 1 is 1.05 bits per heavy atom. The fraction of sp³-hybridized carbons (Fsp3) is 0. The Bertz CT molecular complexity index is 697. The highest BCUT2D eigenvalue weighted by Gasteiger charge is 2.08. The average Bonchev–Trinajstić information content (AvgIpc) is 2.93. The van der Waals surface area contributed by atoms with Crippen molar-refractivity contribution in [1.29, 1.82) is 0 Å². The molecule has 7 heteroatoms. The van der Waals surface area contributed by atoms with Crippen LogP contribution in [0.3, 0.4) is 0 Å². The van der Waals surface area contributed by atoms with Gasteiger partial charge in [-0.15, -0.1) is 0 Å². The SMILES string of the molecule is Fc1ccc(-c2nc(Cl)nc(-n3ccnc3)n2)cc1. The van der Waals surface area contributed by atoms with Crippen LogP contribution < -0.4 is 0 Å². The maximum Gasteiger partial charge on any atom is 0.239 e. The number of hydrogen-bond donors (Lipinski definition) is 0. The second-order valence-corrected chi connectivity index (χ2v) is 4.04. The van der Waals surface area contributed by atoms with Crippen molar-refractivity contribution in [2.24, 2.45) is 0 Å². The summed E-state index contributed by atoms with van der Waals surface area (Å²) in [4.78, 5) is 16.2. The highest BCUT2D eigenvalue weighted by molar-refractivity contribution is 6.28. The third-order valence-corrected chi connectivity index (χ3v) is 2.60. The van der Waals surface area contributed by atoms with Crippen molar-refractivity contribution in [1.82, 2.24) is 24.5 Å². The fourth-order valence-corrected chi connectivity index (χ4v) is 1.72. The van der Waals surface area contributed by atoms with E-state index in [1.54, 1.807) is 35.4 Å². The van der Waals surface area contributed by atoms with Crippen LogP contribution in [0.4, 0.5) is 4.39 Å². The van der Waals surface area contributed by atoms with Crippen molar-refractivity contribution in [2.75, 3.05) is 0 Å². The van der Waals surface area contributed by atoms with Gasteiger partial charge < -0.3 is 0 Å². The Labute approximate surface area is 112 Å². The minimum Gasteiger partial charge on any atom is -0.274 e. The van der Waals surface area contributed by atoms with Crippen LogP contribution in [0.15, 0.2) is 43.0 Å². The van der Waals surface area contributed by atoms with Crippen molar-refractivity contribution in [3.63, 3.8) is 0 Å². The molecule has 1 aromatic carbocycles. The molecular formula is C12H7ClFN5. The maximum absolute atomic E-state index is 12.9. The molecule has 0 radical (unpaired) electrons. The molecule has 0 saturated carbocycles. The van der Waals surface area contributed by atoms with Gasteiger partial charge in [-0.1, -0.05) is 0 Å². The molecule has 19 heavy (non-hydrogen) atoms. The monoisotopic (exact) mass is 275 g/mol. The molecule has 0 saturated heterocycles. The van der Waals surface area contributed by atoms with Crippen molar-refractivity contribution < 1.29 is 4.39 Å². The van der Waals surface area contributed by atoms with Crippen LogP contribution in [0.25, 0.3) is 17.3 Å². The van der Waals surface area contributed by atoms with E-state index in [0.29, 0.717) is 17.3 Å². The van der Waals surface area contributed by atoms with Crippen LogP contribution in [-0.2, 0) is 0 Å². The Morgan fingerprint density at radius 2 is 1.84 bits per heavy atom. The molecular weight excluding hydrogens is 269 g/mol. The molecule has 94 valence electrons. The average molecular weight is 276 g/mol. The standard InChI is InChI=1S/C12H7ClFN5/c13-11-16-10(8-1-3-9(14)4-2-8)17-12(18-11)19-6-5-15-7-19/h1-7H. The van der Waals surface area contributed by atoms with E-state index < -0.39 is 0 Å². The predicted octanol–water partition coefficient (Wildman–Crippen LogP) is 2.52. The number of nitrogens with zero attached hydrogens (tertiary/aromatic N) is 5. The number of halogens is 2. The number of imidazole rings is 1. The molecule has 0 aliphatic heterocycles. The minimum absolute atomic E-state index is 0.0676. The van der Waals surface area contributed by atoms with Gasteiger partial charge in [-0.05, 0) is 35.9 Å². The van der Waals surface area contributed by atoms with Gasteiger partial charge in [0.1, 0.15) is 12.1 Å². The van der Waals surface area contributed by atoms with Gasteiger partial charge in [0.15, 0.2) is 5.82 Å². The van der Waals surface area contributed by atoms with Gasteiger partial charge in [0.25, 0.3) is 0 Å². The third-order valence-electron chi connectivity index (χ3n) is 2.43. The highest BCUT2D eigenvalue weighted by Crippen LogP contribution is 2.18. The quantitative estimate of drug-likeness (QED) is 0.721. The maximum atomic E-state index is 12.9. The molecule has 5 nitrogen and oxygen atoms in total.